The summed E-state index contributed by atoms with van der Waals surface area (Å²) in [5, 5.41) is 3.32. The van der Waals surface area contributed by atoms with Gasteiger partial charge in [-0.15, -0.1) is 0 Å². The van der Waals surface area contributed by atoms with Crippen LogP contribution in [0.1, 0.15) is 17.7 Å². The van der Waals surface area contributed by atoms with E-state index < -0.39 is 0 Å². The highest BCUT2D eigenvalue weighted by Gasteiger charge is 2.23. The number of aromatic nitrogens is 4. The predicted molar refractivity (Wildman–Crippen MR) is 203 cm³/mol. The zero-order valence-corrected chi connectivity index (χ0v) is 27.1. The standard InChI is InChI=1S/C45H30N4O/c1-3-12-29(13-4-1)30-22-24-31(25-23-30)43-46-44(32-26-27-35-34-16-8-10-21-40(34)50-41(35)28-32)48-45(47-43)37-18-11-20-39-42(37)36-17-7-9-19-38(36)49(39)33-14-5-2-6-15-33/h1-8,10-18,20-28H,9,19H2. The molecule has 0 radical (unpaired) electrons. The number of hydrogen-bond donors (Lipinski definition) is 0. The second kappa shape index (κ2) is 11.5. The van der Waals surface area contributed by atoms with Gasteiger partial charge in [0.05, 0.1) is 5.52 Å². The first-order chi connectivity index (χ1) is 24.8. The molecule has 0 saturated carbocycles. The van der Waals surface area contributed by atoms with E-state index in [1.54, 1.807) is 0 Å². The van der Waals surface area contributed by atoms with Crippen molar-refractivity contribution in [3.63, 3.8) is 0 Å². The Bertz CT molecular complexity index is 2740. The monoisotopic (exact) mass is 642 g/mol. The molecular formula is C45H30N4O. The molecule has 5 heteroatoms. The fourth-order valence-corrected chi connectivity index (χ4v) is 7.39. The summed E-state index contributed by atoms with van der Waals surface area (Å²) >= 11 is 0. The van der Waals surface area contributed by atoms with Gasteiger partial charge >= 0.3 is 0 Å². The second-order valence-corrected chi connectivity index (χ2v) is 12.7. The summed E-state index contributed by atoms with van der Waals surface area (Å²) in [4.78, 5) is 15.5. The molecule has 5 nitrogen and oxygen atoms in total. The molecular weight excluding hydrogens is 613 g/mol. The lowest BCUT2D eigenvalue weighted by Crippen LogP contribution is -2.02. The fraction of sp³-hybridized carbons (Fsp3) is 0.0444. The van der Waals surface area contributed by atoms with E-state index in [-0.39, 0.29) is 0 Å². The molecule has 0 fully saturated rings. The zero-order valence-electron chi connectivity index (χ0n) is 27.1. The molecule has 6 aromatic carbocycles. The molecule has 3 aromatic heterocycles. The number of allylic oxidation sites excluding steroid dienone is 1. The highest BCUT2D eigenvalue weighted by molar-refractivity contribution is 6.06. The largest absolute Gasteiger partial charge is 0.456 e. The van der Waals surface area contributed by atoms with E-state index in [1.165, 1.54) is 16.8 Å². The average molecular weight is 643 g/mol. The van der Waals surface area contributed by atoms with Gasteiger partial charge in [-0.3, -0.25) is 0 Å². The van der Waals surface area contributed by atoms with E-state index in [0.717, 1.165) is 73.6 Å². The van der Waals surface area contributed by atoms with Crippen molar-refractivity contribution in [2.24, 2.45) is 0 Å². The van der Waals surface area contributed by atoms with Crippen molar-refractivity contribution in [3.05, 3.63) is 163 Å². The second-order valence-electron chi connectivity index (χ2n) is 12.7. The average Bonchev–Trinajstić information content (AvgIpc) is 3.74. The summed E-state index contributed by atoms with van der Waals surface area (Å²) < 4.78 is 8.68. The van der Waals surface area contributed by atoms with Crippen molar-refractivity contribution in [2.75, 3.05) is 0 Å². The summed E-state index contributed by atoms with van der Waals surface area (Å²) in [7, 11) is 0. The van der Waals surface area contributed by atoms with Crippen LogP contribution >= 0.6 is 0 Å². The Morgan fingerprint density at radius 2 is 1.18 bits per heavy atom. The lowest BCUT2D eigenvalue weighted by molar-refractivity contribution is 0.669. The van der Waals surface area contributed by atoms with Crippen LogP contribution in [0.4, 0.5) is 0 Å². The van der Waals surface area contributed by atoms with Crippen molar-refractivity contribution in [3.8, 4) is 51.0 Å². The summed E-state index contributed by atoms with van der Waals surface area (Å²) in [5.74, 6) is 1.86. The van der Waals surface area contributed by atoms with Crippen LogP contribution in [0, 0.1) is 0 Å². The number of para-hydroxylation sites is 2. The van der Waals surface area contributed by atoms with Crippen molar-refractivity contribution < 1.29 is 4.42 Å². The smallest absolute Gasteiger partial charge is 0.164 e. The highest BCUT2D eigenvalue weighted by atomic mass is 16.3. The van der Waals surface area contributed by atoms with Gasteiger partial charge in [-0.05, 0) is 60.4 Å². The van der Waals surface area contributed by atoms with Gasteiger partial charge in [0.2, 0.25) is 0 Å². The van der Waals surface area contributed by atoms with E-state index in [4.69, 9.17) is 19.4 Å². The Morgan fingerprint density at radius 3 is 2.02 bits per heavy atom. The maximum atomic E-state index is 6.28. The number of fused-ring (bicyclic) bond motifs is 6. The Kier molecular flexibility index (Phi) is 6.56. The van der Waals surface area contributed by atoms with Crippen LogP contribution in [0.25, 0.3) is 89.9 Å². The van der Waals surface area contributed by atoms with Gasteiger partial charge in [-0.25, -0.2) is 15.0 Å². The molecule has 0 saturated heterocycles. The van der Waals surface area contributed by atoms with Crippen LogP contribution in [-0.2, 0) is 6.42 Å². The first kappa shape index (κ1) is 28.4. The minimum Gasteiger partial charge on any atom is -0.456 e. The molecule has 0 unspecified atom stereocenters. The van der Waals surface area contributed by atoms with Crippen LogP contribution in [0.2, 0.25) is 0 Å². The lowest BCUT2D eigenvalue weighted by atomic mass is 9.98. The van der Waals surface area contributed by atoms with Crippen molar-refractivity contribution in [2.45, 2.75) is 12.8 Å². The summed E-state index contributed by atoms with van der Waals surface area (Å²) in [6, 6.07) is 50.4. The van der Waals surface area contributed by atoms with Crippen molar-refractivity contribution in [1.29, 1.82) is 0 Å². The molecule has 236 valence electrons. The quantitative estimate of drug-likeness (QED) is 0.187. The molecule has 10 rings (SSSR count). The molecule has 0 N–H and O–H groups in total. The molecule has 1 aliphatic rings. The normalized spacial score (nSPS) is 12.6. The molecule has 0 amide bonds. The van der Waals surface area contributed by atoms with Gasteiger partial charge in [0, 0.05) is 49.8 Å². The number of benzene rings is 6. The minimum absolute atomic E-state index is 0.600. The maximum Gasteiger partial charge on any atom is 0.164 e. The molecule has 0 aliphatic heterocycles. The van der Waals surface area contributed by atoms with Crippen molar-refractivity contribution >= 4 is 38.9 Å². The number of furan rings is 1. The van der Waals surface area contributed by atoms with E-state index in [9.17, 15) is 0 Å². The molecule has 3 heterocycles. The Morgan fingerprint density at radius 1 is 0.520 bits per heavy atom. The Hall–Kier alpha value is -6.59. The third-order valence-corrected chi connectivity index (χ3v) is 9.74. The fourth-order valence-electron chi connectivity index (χ4n) is 7.39. The van der Waals surface area contributed by atoms with Crippen LogP contribution in [0.15, 0.2) is 156 Å². The summed E-state index contributed by atoms with van der Waals surface area (Å²) in [6.45, 7) is 0. The van der Waals surface area contributed by atoms with E-state index in [2.05, 4.69) is 132 Å². The van der Waals surface area contributed by atoms with Gasteiger partial charge < -0.3 is 8.98 Å². The minimum atomic E-state index is 0.600. The Balaban J connectivity index is 1.19. The van der Waals surface area contributed by atoms with Crippen LogP contribution < -0.4 is 0 Å². The van der Waals surface area contributed by atoms with E-state index in [1.807, 2.05) is 30.3 Å². The number of rotatable bonds is 5. The van der Waals surface area contributed by atoms with Gasteiger partial charge in [-0.2, -0.15) is 0 Å². The first-order valence-corrected chi connectivity index (χ1v) is 17.0. The molecule has 1 aliphatic carbocycles. The predicted octanol–water partition coefficient (Wildman–Crippen LogP) is 11.3. The summed E-state index contributed by atoms with van der Waals surface area (Å²) in [5.41, 5.74) is 11.6. The molecule has 0 bridgehead atoms. The van der Waals surface area contributed by atoms with E-state index in [0.29, 0.717) is 17.5 Å². The van der Waals surface area contributed by atoms with Gasteiger partial charge in [0.1, 0.15) is 11.2 Å². The van der Waals surface area contributed by atoms with Crippen LogP contribution in [0.3, 0.4) is 0 Å². The molecule has 0 atom stereocenters. The number of nitrogens with zero attached hydrogens (tertiary/aromatic N) is 4. The van der Waals surface area contributed by atoms with Crippen LogP contribution in [0.5, 0.6) is 0 Å². The zero-order chi connectivity index (χ0) is 33.0. The van der Waals surface area contributed by atoms with Crippen LogP contribution in [-0.4, -0.2) is 19.5 Å². The van der Waals surface area contributed by atoms with Gasteiger partial charge in [-0.1, -0.05) is 121 Å². The third kappa shape index (κ3) is 4.66. The van der Waals surface area contributed by atoms with Crippen molar-refractivity contribution in [1.82, 2.24) is 19.5 Å². The SMILES string of the molecule is C1=Cc2c(n(-c3ccccc3)c3cccc(-c4nc(-c5ccc(-c6ccccc6)cc5)nc(-c5ccc6c(c5)oc5ccccc56)n4)c23)CC1. The maximum absolute atomic E-state index is 6.28. The molecule has 9 aromatic rings. The summed E-state index contributed by atoms with van der Waals surface area (Å²) in [6.07, 6.45) is 6.52. The molecule has 0 spiro atoms. The first-order valence-electron chi connectivity index (χ1n) is 17.0. The molecule has 50 heavy (non-hydrogen) atoms. The topological polar surface area (TPSA) is 56.7 Å². The van der Waals surface area contributed by atoms with Gasteiger partial charge in [0.15, 0.2) is 17.5 Å². The lowest BCUT2D eigenvalue weighted by Gasteiger charge is -2.13. The van der Waals surface area contributed by atoms with E-state index >= 15 is 0 Å². The third-order valence-electron chi connectivity index (χ3n) is 9.74. The number of hydrogen-bond acceptors (Lipinski definition) is 4. The van der Waals surface area contributed by atoms with Gasteiger partial charge in [0.25, 0.3) is 0 Å². The highest BCUT2D eigenvalue weighted by Crippen LogP contribution is 2.40. The Labute approximate surface area is 288 Å².